The highest BCUT2D eigenvalue weighted by atomic mass is 16.2. The highest BCUT2D eigenvalue weighted by Gasteiger charge is 2.45. The molecule has 5 nitrogen and oxygen atoms in total. The van der Waals surface area contributed by atoms with Crippen molar-refractivity contribution in [3.05, 3.63) is 0 Å². The number of nitrogens with one attached hydrogen (secondary N) is 1. The Morgan fingerprint density at radius 2 is 1.54 bits per heavy atom. The van der Waals surface area contributed by atoms with Crippen molar-refractivity contribution in [1.82, 2.24) is 15.1 Å². The van der Waals surface area contributed by atoms with Gasteiger partial charge in [0.25, 0.3) is 0 Å². The third-order valence-electron chi connectivity index (χ3n) is 4.89. The van der Waals surface area contributed by atoms with Gasteiger partial charge in [-0.05, 0) is 38.4 Å². The van der Waals surface area contributed by atoms with Gasteiger partial charge in [-0.2, -0.15) is 0 Å². The molecule has 1 N–H and O–H groups in total. The Morgan fingerprint density at radius 1 is 1.04 bits per heavy atom. The summed E-state index contributed by atoms with van der Waals surface area (Å²) in [5.41, 5.74) is -0.138. The lowest BCUT2D eigenvalue weighted by atomic mass is 9.81. The highest BCUT2D eigenvalue weighted by Crippen LogP contribution is 2.36. The number of hydrogen-bond acceptors (Lipinski definition) is 3. The fourth-order valence-corrected chi connectivity index (χ4v) is 3.43. The molecule has 0 aromatic carbocycles. The molecule has 2 saturated heterocycles. The predicted octanol–water partition coefficient (Wildman–Crippen LogP) is 2.61. The molecule has 5 heteroatoms. The first-order chi connectivity index (χ1) is 11.3. The van der Waals surface area contributed by atoms with Crippen LogP contribution in [-0.2, 0) is 9.59 Å². The fourth-order valence-electron chi connectivity index (χ4n) is 3.43. The summed E-state index contributed by atoms with van der Waals surface area (Å²) in [5, 5.41) is 2.72. The van der Waals surface area contributed by atoms with E-state index in [0.29, 0.717) is 13.1 Å². The van der Waals surface area contributed by atoms with Gasteiger partial charge in [0.15, 0.2) is 0 Å². The molecule has 2 heterocycles. The summed E-state index contributed by atoms with van der Waals surface area (Å²) in [7, 11) is 3.77. The molecule has 0 radical (unpaired) electrons. The minimum Gasteiger partial charge on any atom is -0.359 e. The van der Waals surface area contributed by atoms with Gasteiger partial charge < -0.3 is 15.1 Å². The monoisotopic (exact) mass is 341 g/mol. The number of likely N-dealkylation sites (tertiary alicyclic amines) is 2. The topological polar surface area (TPSA) is 52.7 Å². The van der Waals surface area contributed by atoms with E-state index in [1.807, 2.05) is 32.6 Å². The van der Waals surface area contributed by atoms with Crippen LogP contribution in [0.15, 0.2) is 0 Å². The third kappa shape index (κ3) is 5.76. The van der Waals surface area contributed by atoms with E-state index < -0.39 is 0 Å². The second kappa shape index (κ2) is 10.7. The van der Waals surface area contributed by atoms with Gasteiger partial charge in [0.05, 0.1) is 5.92 Å². The Morgan fingerprint density at radius 3 is 2.00 bits per heavy atom. The second-order valence-corrected chi connectivity index (χ2v) is 6.95. The zero-order valence-corrected chi connectivity index (χ0v) is 17.1. The van der Waals surface area contributed by atoms with Crippen LogP contribution in [0.1, 0.15) is 54.4 Å². The molecule has 0 aromatic rings. The van der Waals surface area contributed by atoms with Gasteiger partial charge >= 0.3 is 0 Å². The minimum absolute atomic E-state index is 0.0497. The first kappa shape index (κ1) is 22.9. The lowest BCUT2D eigenvalue weighted by Crippen LogP contribution is -2.41. The van der Waals surface area contributed by atoms with Crippen LogP contribution in [0.3, 0.4) is 0 Å². The number of hydrogen-bond donors (Lipinski definition) is 1. The van der Waals surface area contributed by atoms with Crippen molar-refractivity contribution in [3.63, 3.8) is 0 Å². The van der Waals surface area contributed by atoms with Crippen molar-refractivity contribution >= 4 is 11.8 Å². The van der Waals surface area contributed by atoms with Crippen LogP contribution < -0.4 is 5.32 Å². The van der Waals surface area contributed by atoms with Gasteiger partial charge in [0, 0.05) is 26.1 Å². The average Bonchev–Trinajstić information content (AvgIpc) is 2.93. The minimum atomic E-state index is -0.138. The van der Waals surface area contributed by atoms with E-state index in [1.54, 1.807) is 7.05 Å². The summed E-state index contributed by atoms with van der Waals surface area (Å²) in [5.74, 6) is 0.347. The predicted molar refractivity (Wildman–Crippen MR) is 101 cm³/mol. The molecule has 0 bridgehead atoms. The van der Waals surface area contributed by atoms with Crippen LogP contribution in [0.5, 0.6) is 0 Å². The smallest absolute Gasteiger partial charge is 0.225 e. The van der Waals surface area contributed by atoms with Crippen molar-refractivity contribution in [2.45, 2.75) is 54.4 Å². The van der Waals surface area contributed by atoms with Gasteiger partial charge in [-0.3, -0.25) is 9.59 Å². The second-order valence-electron chi connectivity index (χ2n) is 6.95. The molecular formula is C19H39N3O2. The lowest BCUT2D eigenvalue weighted by molar-refractivity contribution is -0.136. The fraction of sp³-hybridized carbons (Fsp3) is 0.895. The third-order valence-corrected chi connectivity index (χ3v) is 4.89. The van der Waals surface area contributed by atoms with Crippen molar-refractivity contribution < 1.29 is 9.59 Å². The molecule has 142 valence electrons. The summed E-state index contributed by atoms with van der Waals surface area (Å²) < 4.78 is 0. The number of nitrogens with zero attached hydrogens (tertiary/aromatic N) is 2. The Balaban J connectivity index is 0.00000123. The maximum Gasteiger partial charge on any atom is 0.225 e. The summed E-state index contributed by atoms with van der Waals surface area (Å²) in [6.45, 7) is 15.4. The number of carbonyl (C=O) groups is 2. The standard InChI is InChI=1S/C15H27N3O2.2C2H6/c1-15(2)10-18(9-12(15)13(19)16-3)14(20)11-5-7-17(4)8-6-11;2*1-2/h11-12H,5-10H2,1-4H3,(H,16,19);2*1-2H3. The summed E-state index contributed by atoms with van der Waals surface area (Å²) in [6.07, 6.45) is 1.88. The van der Waals surface area contributed by atoms with E-state index in [9.17, 15) is 9.59 Å². The highest BCUT2D eigenvalue weighted by molar-refractivity contribution is 5.83. The van der Waals surface area contributed by atoms with E-state index in [4.69, 9.17) is 0 Å². The first-order valence-corrected chi connectivity index (χ1v) is 9.54. The molecule has 1 atom stereocenters. The average molecular weight is 342 g/mol. The summed E-state index contributed by atoms with van der Waals surface area (Å²) in [4.78, 5) is 28.8. The van der Waals surface area contributed by atoms with Gasteiger partial charge in [0.1, 0.15) is 0 Å². The quantitative estimate of drug-likeness (QED) is 0.840. The Kier molecular flexibility index (Phi) is 10.2. The van der Waals surface area contributed by atoms with Gasteiger partial charge in [-0.15, -0.1) is 0 Å². The van der Waals surface area contributed by atoms with Crippen LogP contribution >= 0.6 is 0 Å². The Hall–Kier alpha value is -1.10. The zero-order valence-electron chi connectivity index (χ0n) is 17.1. The lowest BCUT2D eigenvalue weighted by Gasteiger charge is -2.31. The Labute approximate surface area is 149 Å². The zero-order chi connectivity index (χ0) is 18.9. The summed E-state index contributed by atoms with van der Waals surface area (Å²) >= 11 is 0. The van der Waals surface area contributed by atoms with Gasteiger partial charge in [0.2, 0.25) is 11.8 Å². The van der Waals surface area contributed by atoms with E-state index in [2.05, 4.69) is 31.1 Å². The molecule has 2 rings (SSSR count). The van der Waals surface area contributed by atoms with Gasteiger partial charge in [-0.1, -0.05) is 41.5 Å². The van der Waals surface area contributed by atoms with E-state index in [0.717, 1.165) is 25.9 Å². The normalized spacial score (nSPS) is 23.5. The largest absolute Gasteiger partial charge is 0.359 e. The molecule has 0 saturated carbocycles. The van der Waals surface area contributed by atoms with E-state index >= 15 is 0 Å². The maximum absolute atomic E-state index is 12.6. The molecule has 2 fully saturated rings. The van der Waals surface area contributed by atoms with E-state index in [1.165, 1.54) is 0 Å². The number of rotatable bonds is 2. The molecule has 0 aromatic heterocycles. The van der Waals surface area contributed by atoms with E-state index in [-0.39, 0.29) is 29.1 Å². The van der Waals surface area contributed by atoms with Crippen LogP contribution in [-0.4, -0.2) is 61.9 Å². The number of amides is 2. The number of piperidine rings is 1. The molecule has 24 heavy (non-hydrogen) atoms. The molecule has 1 unspecified atom stereocenters. The molecule has 0 spiro atoms. The van der Waals surface area contributed by atoms with Crippen LogP contribution in [0, 0.1) is 17.3 Å². The molecule has 2 amide bonds. The number of carbonyl (C=O) groups excluding carboxylic acids is 2. The van der Waals surface area contributed by atoms with Crippen LogP contribution in [0.2, 0.25) is 0 Å². The molecule has 2 aliphatic heterocycles. The maximum atomic E-state index is 12.6. The van der Waals surface area contributed by atoms with Crippen LogP contribution in [0.25, 0.3) is 0 Å². The van der Waals surface area contributed by atoms with Gasteiger partial charge in [-0.25, -0.2) is 0 Å². The Bertz CT molecular complexity index is 388. The molecular weight excluding hydrogens is 302 g/mol. The molecule has 2 aliphatic rings. The molecule has 0 aliphatic carbocycles. The summed E-state index contributed by atoms with van der Waals surface area (Å²) in [6, 6.07) is 0. The van der Waals surface area contributed by atoms with Crippen molar-refractivity contribution in [1.29, 1.82) is 0 Å². The van der Waals surface area contributed by atoms with Crippen molar-refractivity contribution in [2.75, 3.05) is 40.3 Å². The van der Waals surface area contributed by atoms with Crippen molar-refractivity contribution in [2.24, 2.45) is 17.3 Å². The van der Waals surface area contributed by atoms with Crippen LogP contribution in [0.4, 0.5) is 0 Å². The first-order valence-electron chi connectivity index (χ1n) is 9.54. The SMILES string of the molecule is CC.CC.CNC(=O)C1CN(C(=O)C2CCN(C)CC2)CC1(C)C. The van der Waals surface area contributed by atoms with Crippen molar-refractivity contribution in [3.8, 4) is 0 Å².